The summed E-state index contributed by atoms with van der Waals surface area (Å²) in [5.41, 5.74) is 0. The standard InChI is InChI=1S/C25H46N2/c1-3-13-22(14-4-1)26-24-17-9-7-11-20(24)19-21-12-8-10-18-25(21)27-23-15-5-2-6-16-23/h20-27H,1-19H2. The molecule has 0 radical (unpaired) electrons. The third-order valence-electron chi connectivity index (χ3n) is 8.53. The second kappa shape index (κ2) is 10.6. The summed E-state index contributed by atoms with van der Waals surface area (Å²) in [4.78, 5) is 0. The van der Waals surface area contributed by atoms with Crippen LogP contribution in [0.5, 0.6) is 0 Å². The van der Waals surface area contributed by atoms with Crippen LogP contribution in [0.1, 0.15) is 122 Å². The topological polar surface area (TPSA) is 24.1 Å². The van der Waals surface area contributed by atoms with Gasteiger partial charge in [0.2, 0.25) is 0 Å². The minimum absolute atomic E-state index is 0.833. The van der Waals surface area contributed by atoms with Gasteiger partial charge in [-0.25, -0.2) is 0 Å². The van der Waals surface area contributed by atoms with Crippen LogP contribution in [-0.4, -0.2) is 24.2 Å². The summed E-state index contributed by atoms with van der Waals surface area (Å²) in [6.45, 7) is 0. The summed E-state index contributed by atoms with van der Waals surface area (Å²) >= 11 is 0. The largest absolute Gasteiger partial charge is 0.311 e. The van der Waals surface area contributed by atoms with Crippen molar-refractivity contribution in [2.24, 2.45) is 11.8 Å². The Kier molecular flexibility index (Phi) is 7.95. The minimum Gasteiger partial charge on any atom is -0.311 e. The van der Waals surface area contributed by atoms with Gasteiger partial charge in [0.05, 0.1) is 0 Å². The molecule has 4 aliphatic carbocycles. The van der Waals surface area contributed by atoms with Gasteiger partial charge in [0.1, 0.15) is 0 Å². The van der Waals surface area contributed by atoms with Gasteiger partial charge in [-0.1, -0.05) is 64.2 Å². The summed E-state index contributed by atoms with van der Waals surface area (Å²) < 4.78 is 0. The van der Waals surface area contributed by atoms with Crippen LogP contribution in [0, 0.1) is 11.8 Å². The highest BCUT2D eigenvalue weighted by atomic mass is 15.0. The Labute approximate surface area is 169 Å². The molecule has 4 saturated carbocycles. The van der Waals surface area contributed by atoms with E-state index in [1.54, 1.807) is 0 Å². The summed E-state index contributed by atoms with van der Waals surface area (Å²) in [7, 11) is 0. The molecule has 2 nitrogen and oxygen atoms in total. The lowest BCUT2D eigenvalue weighted by Gasteiger charge is -2.42. The maximum Gasteiger partial charge on any atom is 0.00980 e. The lowest BCUT2D eigenvalue weighted by molar-refractivity contribution is 0.146. The maximum absolute atomic E-state index is 4.17. The smallest absolute Gasteiger partial charge is 0.00980 e. The molecule has 4 aliphatic rings. The van der Waals surface area contributed by atoms with Crippen LogP contribution in [0.4, 0.5) is 0 Å². The Morgan fingerprint density at radius 2 is 0.778 bits per heavy atom. The van der Waals surface area contributed by atoms with Crippen LogP contribution >= 0.6 is 0 Å². The summed E-state index contributed by atoms with van der Waals surface area (Å²) in [5.74, 6) is 1.92. The van der Waals surface area contributed by atoms with Gasteiger partial charge < -0.3 is 10.6 Å². The van der Waals surface area contributed by atoms with E-state index in [0.717, 1.165) is 36.0 Å². The molecule has 0 bridgehead atoms. The second-order valence-corrected chi connectivity index (χ2v) is 10.5. The predicted molar refractivity (Wildman–Crippen MR) is 116 cm³/mol. The molecule has 4 unspecified atom stereocenters. The van der Waals surface area contributed by atoms with E-state index < -0.39 is 0 Å². The van der Waals surface area contributed by atoms with Crippen molar-refractivity contribution < 1.29 is 0 Å². The van der Waals surface area contributed by atoms with Crippen LogP contribution in [0.25, 0.3) is 0 Å². The second-order valence-electron chi connectivity index (χ2n) is 10.5. The van der Waals surface area contributed by atoms with Gasteiger partial charge in [0, 0.05) is 24.2 Å². The van der Waals surface area contributed by atoms with Crippen molar-refractivity contribution in [2.45, 2.75) is 146 Å². The van der Waals surface area contributed by atoms with E-state index in [9.17, 15) is 0 Å². The van der Waals surface area contributed by atoms with Crippen molar-refractivity contribution in [1.29, 1.82) is 0 Å². The fourth-order valence-electron chi connectivity index (χ4n) is 6.95. The van der Waals surface area contributed by atoms with Crippen LogP contribution < -0.4 is 10.6 Å². The lowest BCUT2D eigenvalue weighted by Crippen LogP contribution is -2.49. The fraction of sp³-hybridized carbons (Fsp3) is 1.00. The Hall–Kier alpha value is -0.0800. The van der Waals surface area contributed by atoms with Crippen LogP contribution in [0.2, 0.25) is 0 Å². The van der Waals surface area contributed by atoms with E-state index in [0.29, 0.717) is 0 Å². The maximum atomic E-state index is 4.17. The molecule has 27 heavy (non-hydrogen) atoms. The zero-order valence-electron chi connectivity index (χ0n) is 17.9. The first-order valence-electron chi connectivity index (χ1n) is 12.9. The molecule has 0 aromatic carbocycles. The average Bonchev–Trinajstić information content (AvgIpc) is 2.72. The average molecular weight is 375 g/mol. The van der Waals surface area contributed by atoms with Crippen molar-refractivity contribution in [1.82, 2.24) is 10.6 Å². The molecule has 2 heteroatoms. The predicted octanol–water partition coefficient (Wildman–Crippen LogP) is 6.34. The minimum atomic E-state index is 0.833. The summed E-state index contributed by atoms with van der Waals surface area (Å²) in [6.07, 6.45) is 27.9. The zero-order valence-corrected chi connectivity index (χ0v) is 17.9. The Balaban J connectivity index is 1.32. The molecule has 0 heterocycles. The Morgan fingerprint density at radius 3 is 1.22 bits per heavy atom. The molecule has 0 aromatic rings. The molecular weight excluding hydrogens is 328 g/mol. The monoisotopic (exact) mass is 374 g/mol. The number of nitrogens with one attached hydrogen (secondary N) is 2. The van der Waals surface area contributed by atoms with Gasteiger partial charge in [-0.15, -0.1) is 0 Å². The summed E-state index contributed by atoms with van der Waals surface area (Å²) in [5, 5.41) is 8.35. The molecule has 2 N–H and O–H groups in total. The third kappa shape index (κ3) is 5.95. The van der Waals surface area contributed by atoms with Gasteiger partial charge >= 0.3 is 0 Å². The van der Waals surface area contributed by atoms with Crippen molar-refractivity contribution in [3.63, 3.8) is 0 Å². The van der Waals surface area contributed by atoms with Crippen LogP contribution in [-0.2, 0) is 0 Å². The van der Waals surface area contributed by atoms with E-state index in [-0.39, 0.29) is 0 Å². The van der Waals surface area contributed by atoms with Gasteiger partial charge in [0.15, 0.2) is 0 Å². The van der Waals surface area contributed by atoms with Crippen LogP contribution in [0.15, 0.2) is 0 Å². The summed E-state index contributed by atoms with van der Waals surface area (Å²) in [6, 6.07) is 3.34. The first kappa shape index (κ1) is 20.2. The molecule has 0 aliphatic heterocycles. The first-order chi connectivity index (χ1) is 13.4. The number of rotatable bonds is 6. The van der Waals surface area contributed by atoms with Crippen LogP contribution in [0.3, 0.4) is 0 Å². The Bertz CT molecular complexity index is 373. The number of hydrogen-bond donors (Lipinski definition) is 2. The van der Waals surface area contributed by atoms with E-state index in [4.69, 9.17) is 0 Å². The normalized spacial score (nSPS) is 37.3. The van der Waals surface area contributed by atoms with E-state index in [2.05, 4.69) is 10.6 Å². The third-order valence-corrected chi connectivity index (χ3v) is 8.53. The molecule has 4 fully saturated rings. The van der Waals surface area contributed by atoms with Gasteiger partial charge in [0.25, 0.3) is 0 Å². The molecule has 0 spiro atoms. The highest BCUT2D eigenvalue weighted by Crippen LogP contribution is 2.37. The molecular formula is C25H46N2. The van der Waals surface area contributed by atoms with Gasteiger partial charge in [-0.3, -0.25) is 0 Å². The molecule has 0 saturated heterocycles. The molecule has 156 valence electrons. The van der Waals surface area contributed by atoms with Crippen molar-refractivity contribution in [3.8, 4) is 0 Å². The SMILES string of the molecule is C1CCC(NC2CCCCC2CC2CCCCC2NC2CCCCC2)CC1. The van der Waals surface area contributed by atoms with Gasteiger partial charge in [-0.2, -0.15) is 0 Å². The van der Waals surface area contributed by atoms with Gasteiger partial charge in [-0.05, 0) is 69.6 Å². The van der Waals surface area contributed by atoms with E-state index in [1.807, 2.05) is 0 Å². The molecule has 4 atom stereocenters. The zero-order chi connectivity index (χ0) is 18.3. The lowest BCUT2D eigenvalue weighted by atomic mass is 9.72. The molecule has 0 amide bonds. The van der Waals surface area contributed by atoms with Crippen molar-refractivity contribution >= 4 is 0 Å². The highest BCUT2D eigenvalue weighted by Gasteiger charge is 2.34. The first-order valence-corrected chi connectivity index (χ1v) is 12.9. The quantitative estimate of drug-likeness (QED) is 0.567. The van der Waals surface area contributed by atoms with E-state index >= 15 is 0 Å². The van der Waals surface area contributed by atoms with Crippen molar-refractivity contribution in [2.75, 3.05) is 0 Å². The Morgan fingerprint density at radius 1 is 0.407 bits per heavy atom. The number of hydrogen-bond acceptors (Lipinski definition) is 2. The highest BCUT2D eigenvalue weighted by molar-refractivity contribution is 4.91. The molecule has 4 rings (SSSR count). The fourth-order valence-corrected chi connectivity index (χ4v) is 6.95. The van der Waals surface area contributed by atoms with Crippen molar-refractivity contribution in [3.05, 3.63) is 0 Å². The van der Waals surface area contributed by atoms with E-state index in [1.165, 1.54) is 122 Å². The molecule has 0 aromatic heterocycles.